The van der Waals surface area contributed by atoms with E-state index >= 15 is 0 Å². The molecule has 1 atom stereocenters. The molecule has 13 heavy (non-hydrogen) atoms. The van der Waals surface area contributed by atoms with Gasteiger partial charge in [-0.25, -0.2) is 12.7 Å². The fraction of sp³-hybridized carbons (Fsp3) is 1.00. The summed E-state index contributed by atoms with van der Waals surface area (Å²) in [5.41, 5.74) is 0. The van der Waals surface area contributed by atoms with Crippen LogP contribution in [-0.2, 0) is 10.0 Å². The lowest BCUT2D eigenvalue weighted by atomic mass is 9.93. The first kappa shape index (κ1) is 9.43. The summed E-state index contributed by atoms with van der Waals surface area (Å²) >= 11 is 0. The molecule has 2 rings (SSSR count). The zero-order valence-corrected chi connectivity index (χ0v) is 8.50. The van der Waals surface area contributed by atoms with Gasteiger partial charge in [0, 0.05) is 19.0 Å². The number of rotatable bonds is 3. The fourth-order valence-corrected chi connectivity index (χ4v) is 2.70. The Morgan fingerprint density at radius 2 is 1.85 bits per heavy atom. The summed E-state index contributed by atoms with van der Waals surface area (Å²) in [4.78, 5) is 0. The van der Waals surface area contributed by atoms with Crippen molar-refractivity contribution in [2.45, 2.75) is 18.9 Å². The van der Waals surface area contributed by atoms with Gasteiger partial charge in [0.05, 0.1) is 12.4 Å². The zero-order valence-electron chi connectivity index (χ0n) is 7.68. The van der Waals surface area contributed by atoms with Gasteiger partial charge >= 0.3 is 0 Å². The van der Waals surface area contributed by atoms with E-state index < -0.39 is 10.0 Å². The van der Waals surface area contributed by atoms with E-state index in [-0.39, 0.29) is 12.0 Å². The van der Waals surface area contributed by atoms with E-state index in [4.69, 9.17) is 0 Å². The summed E-state index contributed by atoms with van der Waals surface area (Å²) in [5.74, 6) is 0.633. The molecule has 0 spiro atoms. The highest BCUT2D eigenvalue weighted by Crippen LogP contribution is 2.38. The van der Waals surface area contributed by atoms with Crippen molar-refractivity contribution in [1.29, 1.82) is 0 Å². The summed E-state index contributed by atoms with van der Waals surface area (Å²) in [6.07, 6.45) is 3.16. The number of hydrogen-bond donors (Lipinski definition) is 1. The van der Waals surface area contributed by atoms with Gasteiger partial charge in [0.1, 0.15) is 0 Å². The monoisotopic (exact) mass is 205 g/mol. The largest absolute Gasteiger partial charge is 0.392 e. The molecule has 0 aromatic carbocycles. The van der Waals surface area contributed by atoms with Crippen molar-refractivity contribution in [1.82, 2.24) is 4.31 Å². The molecule has 2 fully saturated rings. The average molecular weight is 205 g/mol. The molecular weight excluding hydrogens is 190 g/mol. The fourth-order valence-electron chi connectivity index (χ4n) is 1.78. The maximum absolute atomic E-state index is 11.0. The van der Waals surface area contributed by atoms with Crippen LogP contribution in [-0.4, -0.2) is 43.3 Å². The molecule has 76 valence electrons. The van der Waals surface area contributed by atoms with Crippen LogP contribution in [0.1, 0.15) is 12.8 Å². The van der Waals surface area contributed by atoms with Gasteiger partial charge < -0.3 is 5.11 Å². The topological polar surface area (TPSA) is 57.6 Å². The van der Waals surface area contributed by atoms with Gasteiger partial charge in [-0.2, -0.15) is 0 Å². The Morgan fingerprint density at radius 1 is 1.31 bits per heavy atom. The number of aliphatic hydroxyl groups excluding tert-OH is 1. The first-order chi connectivity index (χ1) is 5.98. The smallest absolute Gasteiger partial charge is 0.211 e. The summed E-state index contributed by atoms with van der Waals surface area (Å²) in [6, 6.07) is 0. The Hall–Kier alpha value is -0.130. The summed E-state index contributed by atoms with van der Waals surface area (Å²) < 4.78 is 23.4. The van der Waals surface area contributed by atoms with E-state index in [2.05, 4.69) is 0 Å². The SMILES string of the molecule is CS(=O)(=O)N1CC(C(O)C2CC2)C1. The van der Waals surface area contributed by atoms with Gasteiger partial charge in [-0.05, 0) is 18.8 Å². The molecule has 5 heteroatoms. The van der Waals surface area contributed by atoms with Crippen LogP contribution in [0.25, 0.3) is 0 Å². The number of hydrogen-bond acceptors (Lipinski definition) is 3. The van der Waals surface area contributed by atoms with Crippen molar-refractivity contribution in [2.24, 2.45) is 11.8 Å². The van der Waals surface area contributed by atoms with Gasteiger partial charge in [0.25, 0.3) is 0 Å². The highest BCUT2D eigenvalue weighted by Gasteiger charge is 2.43. The number of sulfonamides is 1. The maximum atomic E-state index is 11.0. The molecule has 1 heterocycles. The highest BCUT2D eigenvalue weighted by atomic mass is 32.2. The van der Waals surface area contributed by atoms with Crippen molar-refractivity contribution in [3.8, 4) is 0 Å². The molecule has 1 N–H and O–H groups in total. The van der Waals surface area contributed by atoms with Crippen LogP contribution < -0.4 is 0 Å². The van der Waals surface area contributed by atoms with Crippen LogP contribution in [0.4, 0.5) is 0 Å². The van der Waals surface area contributed by atoms with E-state index in [0.29, 0.717) is 19.0 Å². The Labute approximate surface area is 78.6 Å². The van der Waals surface area contributed by atoms with Gasteiger partial charge in [0.15, 0.2) is 0 Å². The molecule has 1 saturated carbocycles. The minimum Gasteiger partial charge on any atom is -0.392 e. The molecule has 1 aliphatic carbocycles. The van der Waals surface area contributed by atoms with E-state index in [1.54, 1.807) is 0 Å². The third-order valence-electron chi connectivity index (χ3n) is 2.93. The Bertz CT molecular complexity index is 291. The van der Waals surface area contributed by atoms with Crippen LogP contribution in [0.5, 0.6) is 0 Å². The van der Waals surface area contributed by atoms with Crippen molar-refractivity contribution in [3.05, 3.63) is 0 Å². The lowest BCUT2D eigenvalue weighted by Crippen LogP contribution is -2.54. The molecular formula is C8H15NO3S. The average Bonchev–Trinajstić information content (AvgIpc) is 2.58. The second kappa shape index (κ2) is 2.93. The van der Waals surface area contributed by atoms with Crippen LogP contribution in [0.3, 0.4) is 0 Å². The first-order valence-electron chi connectivity index (χ1n) is 4.61. The molecule has 1 aliphatic heterocycles. The summed E-state index contributed by atoms with van der Waals surface area (Å²) in [7, 11) is -3.02. The summed E-state index contributed by atoms with van der Waals surface area (Å²) in [5, 5.41) is 9.67. The lowest BCUT2D eigenvalue weighted by Gasteiger charge is -2.39. The number of nitrogens with zero attached hydrogens (tertiary/aromatic N) is 1. The molecule has 4 nitrogen and oxygen atoms in total. The molecule has 0 aromatic rings. The molecule has 2 aliphatic rings. The Balaban J connectivity index is 1.84. The molecule has 0 bridgehead atoms. The molecule has 0 amide bonds. The van der Waals surface area contributed by atoms with E-state index in [1.165, 1.54) is 10.6 Å². The lowest BCUT2D eigenvalue weighted by molar-refractivity contribution is 0.0228. The van der Waals surface area contributed by atoms with Crippen LogP contribution in [0.15, 0.2) is 0 Å². The van der Waals surface area contributed by atoms with Gasteiger partial charge in [-0.3, -0.25) is 0 Å². The Kier molecular flexibility index (Phi) is 2.13. The normalized spacial score (nSPS) is 28.5. The van der Waals surface area contributed by atoms with E-state index in [9.17, 15) is 13.5 Å². The van der Waals surface area contributed by atoms with Crippen molar-refractivity contribution >= 4 is 10.0 Å². The highest BCUT2D eigenvalue weighted by molar-refractivity contribution is 7.88. The van der Waals surface area contributed by atoms with Crippen LogP contribution >= 0.6 is 0 Å². The van der Waals surface area contributed by atoms with Gasteiger partial charge in [-0.1, -0.05) is 0 Å². The quantitative estimate of drug-likeness (QED) is 0.685. The minimum absolute atomic E-state index is 0.183. The molecule has 1 saturated heterocycles. The Morgan fingerprint density at radius 3 is 2.23 bits per heavy atom. The zero-order chi connectivity index (χ0) is 9.64. The number of aliphatic hydroxyl groups is 1. The van der Waals surface area contributed by atoms with E-state index in [0.717, 1.165) is 12.8 Å². The minimum atomic E-state index is -3.02. The van der Waals surface area contributed by atoms with Crippen molar-refractivity contribution in [3.63, 3.8) is 0 Å². The maximum Gasteiger partial charge on any atom is 0.211 e. The molecule has 0 aromatic heterocycles. The van der Waals surface area contributed by atoms with Crippen molar-refractivity contribution in [2.75, 3.05) is 19.3 Å². The summed E-state index contributed by atoms with van der Waals surface area (Å²) in [6.45, 7) is 1.02. The van der Waals surface area contributed by atoms with E-state index in [1.807, 2.05) is 0 Å². The predicted octanol–water partition coefficient (Wildman–Crippen LogP) is -0.351. The van der Waals surface area contributed by atoms with Crippen molar-refractivity contribution < 1.29 is 13.5 Å². The second-order valence-corrected chi connectivity index (χ2v) is 6.15. The first-order valence-corrected chi connectivity index (χ1v) is 6.46. The second-order valence-electron chi connectivity index (χ2n) is 4.17. The molecule has 0 radical (unpaired) electrons. The third kappa shape index (κ3) is 1.87. The van der Waals surface area contributed by atoms with Crippen LogP contribution in [0.2, 0.25) is 0 Å². The molecule has 1 unspecified atom stereocenters. The van der Waals surface area contributed by atoms with Crippen LogP contribution in [0, 0.1) is 11.8 Å². The van der Waals surface area contributed by atoms with Gasteiger partial charge in [-0.15, -0.1) is 0 Å². The third-order valence-corrected chi connectivity index (χ3v) is 4.17. The predicted molar refractivity (Wildman–Crippen MR) is 48.6 cm³/mol. The van der Waals surface area contributed by atoms with Gasteiger partial charge in [0.2, 0.25) is 10.0 Å². The standard InChI is InChI=1S/C8H15NO3S/c1-13(11,12)9-4-7(5-9)8(10)6-2-3-6/h6-8,10H,2-5H2,1H3.